The molecule has 0 heterocycles. The van der Waals surface area contributed by atoms with E-state index in [1.165, 1.54) is 19.1 Å². The second-order valence-corrected chi connectivity index (χ2v) is 3.25. The maximum atomic E-state index is 12.2. The monoisotopic (exact) mass is 229 g/mol. The lowest BCUT2D eigenvalue weighted by molar-refractivity contribution is -0.164. The molecule has 0 saturated carbocycles. The van der Waals surface area contributed by atoms with Crippen molar-refractivity contribution >= 4 is 0 Å². The number of ether oxygens (including phenoxy) is 2. The third-order valence-corrected chi connectivity index (χ3v) is 1.88. The zero-order valence-corrected chi connectivity index (χ0v) is 9.30. The van der Waals surface area contributed by atoms with Crippen molar-refractivity contribution in [3.63, 3.8) is 0 Å². The standard InChI is InChI=1S/C9H18F3NO2/c1-4-5-13(7-9(10,11)12)6-8(14-2)15-3/h8H,4-7H2,1-3H3. The molecule has 3 nitrogen and oxygen atoms in total. The van der Waals surface area contributed by atoms with Gasteiger partial charge < -0.3 is 9.47 Å². The highest BCUT2D eigenvalue weighted by atomic mass is 19.4. The van der Waals surface area contributed by atoms with Gasteiger partial charge in [0.1, 0.15) is 0 Å². The fourth-order valence-electron chi connectivity index (χ4n) is 1.26. The minimum Gasteiger partial charge on any atom is -0.355 e. The van der Waals surface area contributed by atoms with E-state index >= 15 is 0 Å². The third kappa shape index (κ3) is 7.58. The summed E-state index contributed by atoms with van der Waals surface area (Å²) >= 11 is 0. The van der Waals surface area contributed by atoms with Crippen LogP contribution in [0.4, 0.5) is 13.2 Å². The Balaban J connectivity index is 4.14. The summed E-state index contributed by atoms with van der Waals surface area (Å²) in [6.07, 6.45) is -4.13. The number of hydrogen-bond acceptors (Lipinski definition) is 3. The summed E-state index contributed by atoms with van der Waals surface area (Å²) in [5.74, 6) is 0. The first-order valence-corrected chi connectivity index (χ1v) is 4.77. The Hall–Kier alpha value is -0.330. The van der Waals surface area contributed by atoms with E-state index in [1.54, 1.807) is 0 Å². The molecular formula is C9H18F3NO2. The molecule has 0 radical (unpaired) electrons. The van der Waals surface area contributed by atoms with Crippen LogP contribution < -0.4 is 0 Å². The van der Waals surface area contributed by atoms with Gasteiger partial charge in [-0.2, -0.15) is 13.2 Å². The Morgan fingerprint density at radius 3 is 2.07 bits per heavy atom. The van der Waals surface area contributed by atoms with Crippen molar-refractivity contribution in [3.05, 3.63) is 0 Å². The van der Waals surface area contributed by atoms with Crippen molar-refractivity contribution in [2.24, 2.45) is 0 Å². The van der Waals surface area contributed by atoms with Crippen LogP contribution in [0.1, 0.15) is 13.3 Å². The van der Waals surface area contributed by atoms with E-state index in [0.717, 1.165) is 0 Å². The average molecular weight is 229 g/mol. The van der Waals surface area contributed by atoms with Gasteiger partial charge in [0.05, 0.1) is 6.54 Å². The highest BCUT2D eigenvalue weighted by molar-refractivity contribution is 4.64. The number of hydrogen-bond donors (Lipinski definition) is 0. The molecule has 0 atom stereocenters. The molecule has 0 bridgehead atoms. The normalized spacial score (nSPS) is 12.8. The van der Waals surface area contributed by atoms with Gasteiger partial charge in [0.2, 0.25) is 0 Å². The largest absolute Gasteiger partial charge is 0.401 e. The first-order valence-electron chi connectivity index (χ1n) is 4.77. The molecule has 0 fully saturated rings. The van der Waals surface area contributed by atoms with E-state index in [0.29, 0.717) is 13.0 Å². The van der Waals surface area contributed by atoms with Crippen LogP contribution in [0.3, 0.4) is 0 Å². The quantitative estimate of drug-likeness (QED) is 0.622. The number of nitrogens with zero attached hydrogens (tertiary/aromatic N) is 1. The lowest BCUT2D eigenvalue weighted by Gasteiger charge is -2.26. The number of rotatable bonds is 7. The van der Waals surface area contributed by atoms with Crippen LogP contribution in [0.2, 0.25) is 0 Å². The van der Waals surface area contributed by atoms with Gasteiger partial charge in [-0.1, -0.05) is 6.92 Å². The van der Waals surface area contributed by atoms with E-state index in [2.05, 4.69) is 0 Å². The topological polar surface area (TPSA) is 21.7 Å². The average Bonchev–Trinajstić information content (AvgIpc) is 2.11. The molecule has 0 aromatic carbocycles. The van der Waals surface area contributed by atoms with Crippen LogP contribution in [0.5, 0.6) is 0 Å². The van der Waals surface area contributed by atoms with Gasteiger partial charge in [-0.05, 0) is 13.0 Å². The van der Waals surface area contributed by atoms with Gasteiger partial charge >= 0.3 is 6.18 Å². The van der Waals surface area contributed by atoms with Crippen molar-refractivity contribution in [1.29, 1.82) is 0 Å². The lowest BCUT2D eigenvalue weighted by Crippen LogP contribution is -2.40. The van der Waals surface area contributed by atoms with Crippen molar-refractivity contribution < 1.29 is 22.6 Å². The Labute approximate surface area is 88.1 Å². The maximum Gasteiger partial charge on any atom is 0.401 e. The van der Waals surface area contributed by atoms with Crippen molar-refractivity contribution in [1.82, 2.24) is 4.90 Å². The zero-order valence-electron chi connectivity index (χ0n) is 9.30. The molecule has 0 aliphatic carbocycles. The fraction of sp³-hybridized carbons (Fsp3) is 1.00. The van der Waals surface area contributed by atoms with Crippen molar-refractivity contribution in [2.75, 3.05) is 33.9 Å². The molecule has 0 saturated heterocycles. The van der Waals surface area contributed by atoms with E-state index in [4.69, 9.17) is 9.47 Å². The fourth-order valence-corrected chi connectivity index (χ4v) is 1.26. The molecular weight excluding hydrogens is 211 g/mol. The molecule has 0 aromatic rings. The molecule has 0 aliphatic heterocycles. The molecule has 0 spiro atoms. The Morgan fingerprint density at radius 1 is 1.20 bits per heavy atom. The van der Waals surface area contributed by atoms with Crippen LogP contribution in [0.25, 0.3) is 0 Å². The minimum absolute atomic E-state index is 0.125. The highest BCUT2D eigenvalue weighted by Gasteiger charge is 2.31. The first-order chi connectivity index (χ1) is 6.92. The molecule has 0 N–H and O–H groups in total. The predicted molar refractivity (Wildman–Crippen MR) is 50.6 cm³/mol. The van der Waals surface area contributed by atoms with Crippen LogP contribution in [0, 0.1) is 0 Å². The smallest absolute Gasteiger partial charge is 0.355 e. The molecule has 0 aliphatic rings. The van der Waals surface area contributed by atoms with Gasteiger partial charge in [0.25, 0.3) is 0 Å². The van der Waals surface area contributed by atoms with E-state index in [9.17, 15) is 13.2 Å². The predicted octanol–water partition coefficient (Wildman–Crippen LogP) is 1.88. The highest BCUT2D eigenvalue weighted by Crippen LogP contribution is 2.17. The van der Waals surface area contributed by atoms with Crippen LogP contribution in [0.15, 0.2) is 0 Å². The Kier molecular flexibility index (Phi) is 6.87. The molecule has 0 aromatic heterocycles. The van der Waals surface area contributed by atoms with Gasteiger partial charge in [0, 0.05) is 20.8 Å². The van der Waals surface area contributed by atoms with E-state index in [-0.39, 0.29) is 6.54 Å². The summed E-state index contributed by atoms with van der Waals surface area (Å²) in [6.45, 7) is 1.41. The second-order valence-electron chi connectivity index (χ2n) is 3.25. The first kappa shape index (κ1) is 14.7. The molecule has 0 unspecified atom stereocenters. The number of methoxy groups -OCH3 is 2. The summed E-state index contributed by atoms with van der Waals surface area (Å²) in [7, 11) is 2.82. The summed E-state index contributed by atoms with van der Waals surface area (Å²) in [4.78, 5) is 1.28. The van der Waals surface area contributed by atoms with Crippen molar-refractivity contribution in [3.8, 4) is 0 Å². The lowest BCUT2D eigenvalue weighted by atomic mass is 10.4. The second kappa shape index (κ2) is 7.03. The van der Waals surface area contributed by atoms with E-state index in [1.807, 2.05) is 6.92 Å². The van der Waals surface area contributed by atoms with Gasteiger partial charge in [-0.15, -0.1) is 0 Å². The summed E-state index contributed by atoms with van der Waals surface area (Å²) in [6, 6.07) is 0. The third-order valence-electron chi connectivity index (χ3n) is 1.88. The zero-order chi connectivity index (χ0) is 11.9. The summed E-state index contributed by atoms with van der Waals surface area (Å²) in [5, 5.41) is 0. The van der Waals surface area contributed by atoms with Crippen LogP contribution in [-0.2, 0) is 9.47 Å². The summed E-state index contributed by atoms with van der Waals surface area (Å²) in [5.41, 5.74) is 0. The number of alkyl halides is 3. The molecule has 92 valence electrons. The van der Waals surface area contributed by atoms with Crippen LogP contribution >= 0.6 is 0 Å². The Bertz CT molecular complexity index is 160. The molecule has 15 heavy (non-hydrogen) atoms. The van der Waals surface area contributed by atoms with Gasteiger partial charge in [-0.3, -0.25) is 4.90 Å². The maximum absolute atomic E-state index is 12.2. The van der Waals surface area contributed by atoms with Gasteiger partial charge in [-0.25, -0.2) is 0 Å². The van der Waals surface area contributed by atoms with E-state index < -0.39 is 19.0 Å². The molecule has 6 heteroatoms. The number of halogens is 3. The van der Waals surface area contributed by atoms with Crippen LogP contribution in [-0.4, -0.2) is 51.2 Å². The molecule has 0 rings (SSSR count). The Morgan fingerprint density at radius 2 is 1.73 bits per heavy atom. The minimum atomic E-state index is -4.18. The molecule has 0 amide bonds. The van der Waals surface area contributed by atoms with Crippen molar-refractivity contribution in [2.45, 2.75) is 25.8 Å². The van der Waals surface area contributed by atoms with Gasteiger partial charge in [0.15, 0.2) is 6.29 Å². The summed E-state index contributed by atoms with van der Waals surface area (Å²) < 4.78 is 46.2. The SMILES string of the molecule is CCCN(CC(OC)OC)CC(F)(F)F.